The lowest BCUT2D eigenvalue weighted by Gasteiger charge is -2.02. The van der Waals surface area contributed by atoms with E-state index in [-0.39, 0.29) is 0 Å². The molecule has 2 aromatic carbocycles. The first-order valence-corrected chi connectivity index (χ1v) is 14.6. The molecule has 0 aliphatic rings. The maximum absolute atomic E-state index is 9.88. The Hall–Kier alpha value is -4.18. The van der Waals surface area contributed by atoms with Gasteiger partial charge in [-0.2, -0.15) is 0 Å². The van der Waals surface area contributed by atoms with Crippen LogP contribution in [0.4, 0.5) is 0 Å². The minimum absolute atomic E-state index is 0.307. The number of nitrogens with zero attached hydrogens (tertiary/aromatic N) is 2. The third-order valence-corrected chi connectivity index (χ3v) is 7.20. The monoisotopic (exact) mass is 534 g/mol. The molecule has 0 aliphatic heterocycles. The van der Waals surface area contributed by atoms with Crippen LogP contribution in [-0.2, 0) is 13.1 Å². The summed E-state index contributed by atoms with van der Waals surface area (Å²) in [6.07, 6.45) is 26.8. The zero-order valence-corrected chi connectivity index (χ0v) is 23.4. The number of hydrogen-bond acceptors (Lipinski definition) is 2. The molecule has 206 valence electrons. The van der Waals surface area contributed by atoms with Gasteiger partial charge in [-0.1, -0.05) is 86.4 Å². The summed E-state index contributed by atoms with van der Waals surface area (Å²) in [6, 6.07) is 23.3. The first-order valence-electron chi connectivity index (χ1n) is 14.6. The second-order valence-electron chi connectivity index (χ2n) is 10.4. The SMILES string of the molecule is Oc1ccccc1/C=C/c1cc[n+](CCCCCCCCCC[n+]2ccc(/C=C/c3ccccc3O)cc2)cc1. The van der Waals surface area contributed by atoms with E-state index in [2.05, 4.69) is 58.2 Å². The maximum atomic E-state index is 9.88. The van der Waals surface area contributed by atoms with E-state index in [0.29, 0.717) is 11.5 Å². The number of aromatic nitrogens is 2. The van der Waals surface area contributed by atoms with Crippen LogP contribution in [0.25, 0.3) is 24.3 Å². The molecule has 2 heterocycles. The zero-order valence-electron chi connectivity index (χ0n) is 23.4. The molecule has 0 atom stereocenters. The van der Waals surface area contributed by atoms with Crippen molar-refractivity contribution in [3.63, 3.8) is 0 Å². The lowest BCUT2D eigenvalue weighted by molar-refractivity contribution is -0.697. The molecule has 40 heavy (non-hydrogen) atoms. The van der Waals surface area contributed by atoms with Gasteiger partial charge < -0.3 is 10.2 Å². The van der Waals surface area contributed by atoms with Crippen LogP contribution in [-0.4, -0.2) is 10.2 Å². The summed E-state index contributed by atoms with van der Waals surface area (Å²) in [5, 5.41) is 19.8. The number of phenols is 2. The molecule has 0 aliphatic carbocycles. The smallest absolute Gasteiger partial charge is 0.169 e. The maximum Gasteiger partial charge on any atom is 0.169 e. The quantitative estimate of drug-likeness (QED) is 0.121. The molecule has 0 bridgehead atoms. The summed E-state index contributed by atoms with van der Waals surface area (Å²) >= 11 is 0. The van der Waals surface area contributed by atoms with E-state index in [1.165, 1.54) is 51.4 Å². The molecule has 0 amide bonds. The molecule has 0 fully saturated rings. The fourth-order valence-electron chi connectivity index (χ4n) is 4.74. The largest absolute Gasteiger partial charge is 0.507 e. The van der Waals surface area contributed by atoms with Gasteiger partial charge in [-0.15, -0.1) is 0 Å². The van der Waals surface area contributed by atoms with Crippen molar-refractivity contribution in [1.29, 1.82) is 0 Å². The second-order valence-corrected chi connectivity index (χ2v) is 10.4. The highest BCUT2D eigenvalue weighted by Gasteiger charge is 2.03. The molecule has 0 saturated carbocycles. The fraction of sp³-hybridized carbons (Fsp3) is 0.278. The summed E-state index contributed by atoms with van der Waals surface area (Å²) in [5.41, 5.74) is 3.93. The van der Waals surface area contributed by atoms with Crippen LogP contribution in [0.2, 0.25) is 0 Å². The first-order chi connectivity index (χ1) is 19.7. The van der Waals surface area contributed by atoms with Crippen molar-refractivity contribution in [3.05, 3.63) is 120 Å². The number of aryl methyl sites for hydroxylation is 2. The third-order valence-electron chi connectivity index (χ3n) is 7.20. The van der Waals surface area contributed by atoms with Gasteiger partial charge in [0.25, 0.3) is 0 Å². The van der Waals surface area contributed by atoms with Crippen LogP contribution >= 0.6 is 0 Å². The molecule has 4 aromatic rings. The van der Waals surface area contributed by atoms with Crippen LogP contribution in [0.3, 0.4) is 0 Å². The Bertz CT molecular complexity index is 1250. The van der Waals surface area contributed by atoms with Crippen LogP contribution in [0, 0.1) is 0 Å². The summed E-state index contributed by atoms with van der Waals surface area (Å²) in [5.74, 6) is 0.615. The number of rotatable bonds is 15. The van der Waals surface area contributed by atoms with Crippen molar-refractivity contribution in [2.24, 2.45) is 0 Å². The normalized spacial score (nSPS) is 11.5. The molecule has 0 radical (unpaired) electrons. The summed E-state index contributed by atoms with van der Waals surface area (Å²) in [4.78, 5) is 0. The van der Waals surface area contributed by atoms with E-state index < -0.39 is 0 Å². The van der Waals surface area contributed by atoms with Crippen molar-refractivity contribution in [3.8, 4) is 11.5 Å². The van der Waals surface area contributed by atoms with Crippen LogP contribution in [0.15, 0.2) is 97.6 Å². The number of para-hydroxylation sites is 2. The Labute approximate surface area is 239 Å². The highest BCUT2D eigenvalue weighted by Crippen LogP contribution is 2.19. The molecular formula is C36H42N2O2+2. The average Bonchev–Trinajstić information content (AvgIpc) is 2.98. The molecule has 2 N–H and O–H groups in total. The van der Waals surface area contributed by atoms with Crippen molar-refractivity contribution in [2.75, 3.05) is 0 Å². The second kappa shape index (κ2) is 16.0. The lowest BCUT2D eigenvalue weighted by Crippen LogP contribution is -2.32. The lowest BCUT2D eigenvalue weighted by atomic mass is 10.1. The number of pyridine rings is 2. The van der Waals surface area contributed by atoms with Gasteiger partial charge in [0, 0.05) is 48.2 Å². The van der Waals surface area contributed by atoms with Gasteiger partial charge in [0.1, 0.15) is 24.6 Å². The van der Waals surface area contributed by atoms with Gasteiger partial charge in [0.15, 0.2) is 24.8 Å². The fourth-order valence-corrected chi connectivity index (χ4v) is 4.74. The third kappa shape index (κ3) is 9.85. The average molecular weight is 535 g/mol. The van der Waals surface area contributed by atoms with Crippen molar-refractivity contribution in [2.45, 2.75) is 64.5 Å². The van der Waals surface area contributed by atoms with Gasteiger partial charge >= 0.3 is 0 Å². The van der Waals surface area contributed by atoms with Crippen LogP contribution < -0.4 is 9.13 Å². The van der Waals surface area contributed by atoms with Crippen molar-refractivity contribution >= 4 is 24.3 Å². The summed E-state index contributed by atoms with van der Waals surface area (Å²) in [6.45, 7) is 2.12. The van der Waals surface area contributed by atoms with E-state index >= 15 is 0 Å². The topological polar surface area (TPSA) is 48.2 Å². The summed E-state index contributed by atoms with van der Waals surface area (Å²) < 4.78 is 4.51. The highest BCUT2D eigenvalue weighted by atomic mass is 16.3. The van der Waals surface area contributed by atoms with Crippen LogP contribution in [0.1, 0.15) is 73.6 Å². The molecule has 0 unspecified atom stereocenters. The standard InChI is InChI=1S/C36H40N2O2/c39-35-15-9-7-13-33(35)19-17-31-21-27-37(28-22-31)25-11-5-3-1-2-4-6-12-26-38-29-23-32(24-30-38)18-20-34-14-8-10-16-36(34)40/h7-10,13-24,27-30H,1-6,11-12,25-26H2/p+2. The van der Waals surface area contributed by atoms with Gasteiger partial charge in [0.05, 0.1) is 0 Å². The van der Waals surface area contributed by atoms with Gasteiger partial charge in [-0.25, -0.2) is 9.13 Å². The molecule has 4 rings (SSSR count). The molecule has 4 nitrogen and oxygen atoms in total. The number of hydrogen-bond donors (Lipinski definition) is 2. The number of unbranched alkanes of at least 4 members (excludes halogenated alkanes) is 7. The Morgan fingerprint density at radius 1 is 0.425 bits per heavy atom. The van der Waals surface area contributed by atoms with Crippen molar-refractivity contribution in [1.82, 2.24) is 0 Å². The number of phenolic OH excluding ortho intramolecular Hbond substituents is 2. The predicted molar refractivity (Wildman–Crippen MR) is 164 cm³/mol. The minimum atomic E-state index is 0.307. The van der Waals surface area contributed by atoms with E-state index in [1.807, 2.05) is 60.7 Å². The molecule has 0 spiro atoms. The number of aromatic hydroxyl groups is 2. The van der Waals surface area contributed by atoms with Crippen LogP contribution in [0.5, 0.6) is 11.5 Å². The number of benzene rings is 2. The predicted octanol–water partition coefficient (Wildman–Crippen LogP) is 7.83. The van der Waals surface area contributed by atoms with E-state index in [0.717, 1.165) is 35.3 Å². The zero-order chi connectivity index (χ0) is 27.8. The Kier molecular flexibility index (Phi) is 11.6. The summed E-state index contributed by atoms with van der Waals surface area (Å²) in [7, 11) is 0. The highest BCUT2D eigenvalue weighted by molar-refractivity contribution is 5.72. The van der Waals surface area contributed by atoms with E-state index in [9.17, 15) is 10.2 Å². The molecule has 2 aromatic heterocycles. The van der Waals surface area contributed by atoms with Gasteiger partial charge in [-0.05, 0) is 36.1 Å². The van der Waals surface area contributed by atoms with Gasteiger partial charge in [-0.3, -0.25) is 0 Å². The molecular weight excluding hydrogens is 492 g/mol. The molecule has 4 heteroatoms. The minimum Gasteiger partial charge on any atom is -0.507 e. The van der Waals surface area contributed by atoms with Crippen molar-refractivity contribution < 1.29 is 19.3 Å². The molecule has 0 saturated heterocycles. The first kappa shape index (κ1) is 28.8. The van der Waals surface area contributed by atoms with Gasteiger partial charge in [0.2, 0.25) is 0 Å². The van der Waals surface area contributed by atoms with E-state index in [1.54, 1.807) is 12.1 Å². The Morgan fingerprint density at radius 3 is 1.15 bits per heavy atom. The van der Waals surface area contributed by atoms with E-state index in [4.69, 9.17) is 0 Å². The Morgan fingerprint density at radius 2 is 0.775 bits per heavy atom. The Balaban J connectivity index is 1.02.